The third-order valence-corrected chi connectivity index (χ3v) is 6.45. The second kappa shape index (κ2) is 9.77. The predicted molar refractivity (Wildman–Crippen MR) is 121 cm³/mol. The number of nitrogens with zero attached hydrogens (tertiary/aromatic N) is 3. The molecule has 0 aliphatic carbocycles. The molecule has 2 aromatic rings. The van der Waals surface area contributed by atoms with Crippen molar-refractivity contribution < 1.29 is 18.1 Å². The number of amidine groups is 1. The van der Waals surface area contributed by atoms with E-state index in [2.05, 4.69) is 15.0 Å². The van der Waals surface area contributed by atoms with Crippen LogP contribution in [0.15, 0.2) is 57.8 Å². The van der Waals surface area contributed by atoms with Crippen molar-refractivity contribution >= 4 is 33.3 Å². The van der Waals surface area contributed by atoms with Gasteiger partial charge in [-0.25, -0.2) is 4.79 Å². The molecule has 1 atom stereocenters. The van der Waals surface area contributed by atoms with Gasteiger partial charge in [0.2, 0.25) is 0 Å². The normalized spacial score (nSPS) is 16.1. The lowest BCUT2D eigenvalue weighted by Crippen LogP contribution is -2.32. The highest BCUT2D eigenvalue weighted by Gasteiger charge is 2.21. The summed E-state index contributed by atoms with van der Waals surface area (Å²) in [6.07, 6.45) is 1.97. The summed E-state index contributed by atoms with van der Waals surface area (Å²) in [5, 5.41) is 16.4. The summed E-state index contributed by atoms with van der Waals surface area (Å²) in [5.41, 5.74) is 0.831. The minimum absolute atomic E-state index is 0.0196. The van der Waals surface area contributed by atoms with Crippen molar-refractivity contribution in [3.8, 4) is 0 Å². The van der Waals surface area contributed by atoms with Crippen LogP contribution in [0.5, 0.6) is 0 Å². The number of benzene rings is 2. The molecule has 3 rings (SSSR count). The molecule has 0 bridgehead atoms. The largest absolute Gasteiger partial charge is 0.362 e. The van der Waals surface area contributed by atoms with Gasteiger partial charge in [-0.3, -0.25) is 10.1 Å². The lowest BCUT2D eigenvalue weighted by Gasteiger charge is -2.18. The van der Waals surface area contributed by atoms with Crippen LogP contribution in [-0.4, -0.2) is 43.7 Å². The molecular formula is C21H25N5O5S. The Balaban J connectivity index is 1.73. The maximum atomic E-state index is 12.7. The molecule has 10 nitrogen and oxygen atoms in total. The molecule has 2 N–H and O–H groups in total. The molecule has 170 valence electrons. The molecular weight excluding hydrogens is 434 g/mol. The highest BCUT2D eigenvalue weighted by atomic mass is 32.2. The number of nitro benzene ring substituents is 1. The van der Waals surface area contributed by atoms with Gasteiger partial charge in [0.15, 0.2) is 0 Å². The van der Waals surface area contributed by atoms with Crippen molar-refractivity contribution in [2.75, 3.05) is 18.9 Å². The number of likely N-dealkylation sites (tertiary alicyclic amines) is 1. The van der Waals surface area contributed by atoms with Crippen LogP contribution in [0.3, 0.4) is 0 Å². The molecule has 0 aromatic heterocycles. The van der Waals surface area contributed by atoms with Gasteiger partial charge in [-0.15, -0.1) is 4.40 Å². The van der Waals surface area contributed by atoms with Gasteiger partial charge in [0.1, 0.15) is 5.84 Å². The SMILES string of the molecule is CC[C@H](NC(=O)Nc1cccc(S(=O)(=O)/N=C2\CCCN2C)c1)c1cccc([N+](=O)[O-])c1. The van der Waals surface area contributed by atoms with Crippen molar-refractivity contribution in [3.05, 3.63) is 64.2 Å². The van der Waals surface area contributed by atoms with Crippen LogP contribution in [0.1, 0.15) is 37.8 Å². The van der Waals surface area contributed by atoms with Crippen LogP contribution in [0.2, 0.25) is 0 Å². The van der Waals surface area contributed by atoms with Crippen LogP contribution < -0.4 is 10.6 Å². The van der Waals surface area contributed by atoms with Crippen molar-refractivity contribution in [2.24, 2.45) is 4.40 Å². The molecule has 1 heterocycles. The third-order valence-electron chi connectivity index (χ3n) is 5.15. The quantitative estimate of drug-likeness (QED) is 0.479. The number of sulfonamides is 1. The Hall–Kier alpha value is -3.47. The fourth-order valence-corrected chi connectivity index (χ4v) is 4.58. The molecule has 1 saturated heterocycles. The van der Waals surface area contributed by atoms with Gasteiger partial charge in [-0.1, -0.05) is 25.1 Å². The number of hydrogen-bond donors (Lipinski definition) is 2. The summed E-state index contributed by atoms with van der Waals surface area (Å²) >= 11 is 0. The Labute approximate surface area is 186 Å². The number of amides is 2. The lowest BCUT2D eigenvalue weighted by molar-refractivity contribution is -0.384. The molecule has 2 aromatic carbocycles. The van der Waals surface area contributed by atoms with Gasteiger partial charge in [-0.2, -0.15) is 8.42 Å². The molecule has 0 saturated carbocycles. The topological polar surface area (TPSA) is 134 Å². The summed E-state index contributed by atoms with van der Waals surface area (Å²) in [5.74, 6) is 0.517. The molecule has 32 heavy (non-hydrogen) atoms. The Morgan fingerprint density at radius 3 is 2.66 bits per heavy atom. The number of carbonyl (C=O) groups is 1. The van der Waals surface area contributed by atoms with E-state index in [-0.39, 0.29) is 16.3 Å². The van der Waals surface area contributed by atoms with E-state index in [1.165, 1.54) is 30.3 Å². The monoisotopic (exact) mass is 459 g/mol. The number of nitrogens with one attached hydrogen (secondary N) is 2. The van der Waals surface area contributed by atoms with E-state index in [0.29, 0.717) is 24.2 Å². The zero-order valence-corrected chi connectivity index (χ0v) is 18.6. The fraction of sp³-hybridized carbons (Fsp3) is 0.333. The van der Waals surface area contributed by atoms with Gasteiger partial charge >= 0.3 is 6.03 Å². The Morgan fingerprint density at radius 1 is 1.25 bits per heavy atom. The maximum absolute atomic E-state index is 12.7. The predicted octanol–water partition coefficient (Wildman–Crippen LogP) is 3.68. The second-order valence-corrected chi connectivity index (χ2v) is 9.05. The van der Waals surface area contributed by atoms with Gasteiger partial charge in [0.25, 0.3) is 15.7 Å². The van der Waals surface area contributed by atoms with E-state index in [1.54, 1.807) is 25.2 Å². The van der Waals surface area contributed by atoms with Gasteiger partial charge in [0, 0.05) is 37.8 Å². The van der Waals surface area contributed by atoms with E-state index < -0.39 is 27.0 Å². The molecule has 2 amide bonds. The number of non-ortho nitro benzene ring substituents is 1. The van der Waals surface area contributed by atoms with Crippen LogP contribution in [0.25, 0.3) is 0 Å². The number of carbonyl (C=O) groups excluding carboxylic acids is 1. The number of anilines is 1. The number of rotatable bonds is 7. The van der Waals surface area contributed by atoms with Crippen LogP contribution in [0, 0.1) is 10.1 Å². The van der Waals surface area contributed by atoms with Crippen molar-refractivity contribution in [3.63, 3.8) is 0 Å². The lowest BCUT2D eigenvalue weighted by atomic mass is 10.0. The van der Waals surface area contributed by atoms with E-state index in [1.807, 2.05) is 11.8 Å². The average molecular weight is 460 g/mol. The Kier molecular flexibility index (Phi) is 7.08. The number of nitro groups is 1. The summed E-state index contributed by atoms with van der Waals surface area (Å²) < 4.78 is 29.3. The first-order valence-corrected chi connectivity index (χ1v) is 11.6. The molecule has 1 fully saturated rings. The number of hydrogen-bond acceptors (Lipinski definition) is 5. The highest BCUT2D eigenvalue weighted by Crippen LogP contribution is 2.23. The van der Waals surface area contributed by atoms with Crippen LogP contribution >= 0.6 is 0 Å². The second-order valence-electron chi connectivity index (χ2n) is 7.45. The Bertz CT molecular complexity index is 1150. The first-order chi connectivity index (χ1) is 15.2. The van der Waals surface area contributed by atoms with Gasteiger partial charge in [0.05, 0.1) is 15.9 Å². The summed E-state index contributed by atoms with van der Waals surface area (Å²) in [4.78, 5) is 24.8. The van der Waals surface area contributed by atoms with Crippen molar-refractivity contribution in [1.29, 1.82) is 0 Å². The zero-order chi connectivity index (χ0) is 23.3. The van der Waals surface area contributed by atoms with Crippen LogP contribution in [0.4, 0.5) is 16.2 Å². The van der Waals surface area contributed by atoms with Crippen LogP contribution in [-0.2, 0) is 10.0 Å². The summed E-state index contributed by atoms with van der Waals surface area (Å²) in [7, 11) is -2.11. The Morgan fingerprint density at radius 2 is 2.00 bits per heavy atom. The minimum Gasteiger partial charge on any atom is -0.362 e. The first kappa shape index (κ1) is 23.2. The van der Waals surface area contributed by atoms with E-state index in [4.69, 9.17) is 0 Å². The fourth-order valence-electron chi connectivity index (χ4n) is 3.44. The summed E-state index contributed by atoms with van der Waals surface area (Å²) in [6.45, 7) is 2.61. The zero-order valence-electron chi connectivity index (χ0n) is 17.8. The molecule has 1 aliphatic rings. The van der Waals surface area contributed by atoms with Gasteiger partial charge in [-0.05, 0) is 36.6 Å². The number of urea groups is 1. The molecule has 1 aliphatic heterocycles. The highest BCUT2D eigenvalue weighted by molar-refractivity contribution is 7.90. The maximum Gasteiger partial charge on any atom is 0.319 e. The molecule has 0 radical (unpaired) electrons. The van der Waals surface area contributed by atoms with Crippen molar-refractivity contribution in [2.45, 2.75) is 37.1 Å². The smallest absolute Gasteiger partial charge is 0.319 e. The van der Waals surface area contributed by atoms with Crippen molar-refractivity contribution in [1.82, 2.24) is 10.2 Å². The standard InChI is InChI=1S/C21H25N5O5S/c1-3-19(15-7-4-9-17(13-15)26(28)29)23-21(27)22-16-8-5-10-18(14-16)32(30,31)24-20-11-6-12-25(20)2/h4-5,7-10,13-14,19H,3,6,11-12H2,1-2H3,(H2,22,23,27)/b24-20+/t19-/m0/s1. The third kappa shape index (κ3) is 5.61. The summed E-state index contributed by atoms with van der Waals surface area (Å²) in [6, 6.07) is 10.9. The van der Waals surface area contributed by atoms with Gasteiger partial charge < -0.3 is 15.5 Å². The van der Waals surface area contributed by atoms with E-state index in [9.17, 15) is 23.3 Å². The van der Waals surface area contributed by atoms with E-state index >= 15 is 0 Å². The molecule has 0 unspecified atom stereocenters. The molecule has 0 spiro atoms. The molecule has 11 heteroatoms. The minimum atomic E-state index is -3.91. The average Bonchev–Trinajstić information content (AvgIpc) is 3.16. The first-order valence-electron chi connectivity index (χ1n) is 10.2. The van der Waals surface area contributed by atoms with E-state index in [0.717, 1.165) is 13.0 Å².